The minimum atomic E-state index is -0.554. The highest BCUT2D eigenvalue weighted by Crippen LogP contribution is 2.39. The molecule has 0 saturated heterocycles. The summed E-state index contributed by atoms with van der Waals surface area (Å²) in [6, 6.07) is 13.8. The van der Waals surface area contributed by atoms with Crippen molar-refractivity contribution < 1.29 is 38.1 Å². The minimum absolute atomic E-state index is 0.0166. The summed E-state index contributed by atoms with van der Waals surface area (Å²) in [4.78, 5) is 39.1. The van der Waals surface area contributed by atoms with E-state index in [0.717, 1.165) is 29.7 Å². The molecular weight excluding hydrogens is 548 g/mol. The normalized spacial score (nSPS) is 13.9. The molecule has 3 aromatic rings. The first-order valence-electron chi connectivity index (χ1n) is 13.3. The Hall–Kier alpha value is -4.25. The topological polar surface area (TPSA) is 121 Å². The van der Waals surface area contributed by atoms with Gasteiger partial charge in [0.1, 0.15) is 34.6 Å². The second-order valence-corrected chi connectivity index (χ2v) is 10.6. The molecule has 2 amide bonds. The molecule has 0 saturated carbocycles. The lowest BCUT2D eigenvalue weighted by Gasteiger charge is -2.18. The maximum atomic E-state index is 13.2. The van der Waals surface area contributed by atoms with E-state index in [1.807, 2.05) is 0 Å². The van der Waals surface area contributed by atoms with Gasteiger partial charge >= 0.3 is 5.97 Å². The number of carbonyl (C=O) groups is 3. The Morgan fingerprint density at radius 1 is 0.878 bits per heavy atom. The third-order valence-corrected chi connectivity index (χ3v) is 7.66. The van der Waals surface area contributed by atoms with Gasteiger partial charge in [0.25, 0.3) is 11.8 Å². The van der Waals surface area contributed by atoms with Crippen LogP contribution in [0.1, 0.15) is 34.1 Å². The van der Waals surface area contributed by atoms with E-state index in [1.54, 1.807) is 62.8 Å². The van der Waals surface area contributed by atoms with Crippen LogP contribution in [-0.4, -0.2) is 58.4 Å². The quantitative estimate of drug-likeness (QED) is 0.227. The molecule has 0 fully saturated rings. The Kier molecular flexibility index (Phi) is 10.4. The predicted octanol–water partition coefficient (Wildman–Crippen LogP) is 4.26. The standard InChI is InChI=1S/C30H34N2O8S/c1-19-4-13-24-25(16-19)41-30(32-26(33)17-39-22-9-5-20(36-2)6-10-22)28(24)29(35)31-14-15-38-27(34)18-40-23-11-7-21(37-3)8-12-23/h5-12,19H,4,13-18H2,1-3H3,(H,31,35)(H,32,33). The number of rotatable bonds is 13. The van der Waals surface area contributed by atoms with E-state index >= 15 is 0 Å². The molecule has 1 aromatic heterocycles. The van der Waals surface area contributed by atoms with E-state index in [9.17, 15) is 14.4 Å². The van der Waals surface area contributed by atoms with Crippen LogP contribution in [0.4, 0.5) is 5.00 Å². The summed E-state index contributed by atoms with van der Waals surface area (Å²) in [5, 5.41) is 6.17. The van der Waals surface area contributed by atoms with Crippen LogP contribution in [0.3, 0.4) is 0 Å². The third-order valence-electron chi connectivity index (χ3n) is 6.49. The Morgan fingerprint density at radius 3 is 2.07 bits per heavy atom. The second-order valence-electron chi connectivity index (χ2n) is 9.51. The second kappa shape index (κ2) is 14.4. The summed E-state index contributed by atoms with van der Waals surface area (Å²) in [6.45, 7) is 1.81. The van der Waals surface area contributed by atoms with Gasteiger partial charge in [0.2, 0.25) is 0 Å². The molecule has 0 aliphatic heterocycles. The van der Waals surface area contributed by atoms with Crippen molar-refractivity contribution in [2.24, 2.45) is 5.92 Å². The van der Waals surface area contributed by atoms with Crippen LogP contribution in [0.5, 0.6) is 23.0 Å². The number of hydrogen-bond donors (Lipinski definition) is 2. The van der Waals surface area contributed by atoms with Crippen molar-refractivity contribution in [3.63, 3.8) is 0 Å². The molecule has 1 atom stereocenters. The van der Waals surface area contributed by atoms with Crippen molar-refractivity contribution in [2.45, 2.75) is 26.2 Å². The lowest BCUT2D eigenvalue weighted by atomic mass is 9.88. The van der Waals surface area contributed by atoms with Crippen LogP contribution < -0.4 is 29.6 Å². The highest BCUT2D eigenvalue weighted by molar-refractivity contribution is 7.17. The number of esters is 1. The maximum Gasteiger partial charge on any atom is 0.344 e. The van der Waals surface area contributed by atoms with Gasteiger partial charge in [-0.3, -0.25) is 9.59 Å². The smallest absolute Gasteiger partial charge is 0.344 e. The minimum Gasteiger partial charge on any atom is -0.497 e. The fourth-order valence-electron chi connectivity index (χ4n) is 4.34. The fourth-order valence-corrected chi connectivity index (χ4v) is 5.76. The van der Waals surface area contributed by atoms with Crippen LogP contribution in [0, 0.1) is 5.92 Å². The summed E-state index contributed by atoms with van der Waals surface area (Å²) in [5.74, 6) is 1.66. The van der Waals surface area contributed by atoms with E-state index in [4.69, 9.17) is 23.7 Å². The van der Waals surface area contributed by atoms with Crippen molar-refractivity contribution in [1.29, 1.82) is 0 Å². The number of thiophene rings is 1. The molecule has 1 unspecified atom stereocenters. The van der Waals surface area contributed by atoms with Crippen molar-refractivity contribution in [3.8, 4) is 23.0 Å². The largest absolute Gasteiger partial charge is 0.497 e. The van der Waals surface area contributed by atoms with Crippen LogP contribution in [-0.2, 0) is 27.2 Å². The van der Waals surface area contributed by atoms with E-state index in [-0.39, 0.29) is 38.2 Å². The monoisotopic (exact) mass is 582 g/mol. The first-order chi connectivity index (χ1) is 19.9. The van der Waals surface area contributed by atoms with E-state index in [2.05, 4.69) is 17.6 Å². The Bertz CT molecular complexity index is 1340. The summed E-state index contributed by atoms with van der Waals surface area (Å²) in [6.07, 6.45) is 2.57. The molecular formula is C30H34N2O8S. The van der Waals surface area contributed by atoms with Gasteiger partial charge in [-0.25, -0.2) is 4.79 Å². The van der Waals surface area contributed by atoms with Crippen LogP contribution in [0.15, 0.2) is 48.5 Å². The average molecular weight is 583 g/mol. The van der Waals surface area contributed by atoms with Crippen LogP contribution >= 0.6 is 11.3 Å². The highest BCUT2D eigenvalue weighted by atomic mass is 32.1. The number of benzene rings is 2. The number of nitrogens with one attached hydrogen (secondary N) is 2. The molecule has 1 heterocycles. The number of fused-ring (bicyclic) bond motifs is 1. The third kappa shape index (κ3) is 8.37. The van der Waals surface area contributed by atoms with Crippen LogP contribution in [0.2, 0.25) is 0 Å². The average Bonchev–Trinajstić information content (AvgIpc) is 3.34. The molecule has 11 heteroatoms. The molecule has 2 N–H and O–H groups in total. The van der Waals surface area contributed by atoms with Gasteiger partial charge in [0.05, 0.1) is 26.3 Å². The first-order valence-corrected chi connectivity index (χ1v) is 14.1. The summed E-state index contributed by atoms with van der Waals surface area (Å²) in [5.41, 5.74) is 1.42. The first kappa shape index (κ1) is 29.7. The van der Waals surface area contributed by atoms with Crippen molar-refractivity contribution in [2.75, 3.05) is 45.9 Å². The zero-order chi connectivity index (χ0) is 29.2. The van der Waals surface area contributed by atoms with Gasteiger partial charge in [-0.15, -0.1) is 11.3 Å². The number of hydrogen-bond acceptors (Lipinski definition) is 9. The van der Waals surface area contributed by atoms with Crippen molar-refractivity contribution in [3.05, 3.63) is 64.5 Å². The van der Waals surface area contributed by atoms with Gasteiger partial charge in [-0.2, -0.15) is 0 Å². The van der Waals surface area contributed by atoms with E-state index in [1.165, 1.54) is 11.3 Å². The highest BCUT2D eigenvalue weighted by Gasteiger charge is 2.28. The van der Waals surface area contributed by atoms with Gasteiger partial charge in [0.15, 0.2) is 13.2 Å². The number of anilines is 1. The molecule has 0 bridgehead atoms. The number of methoxy groups -OCH3 is 2. The van der Waals surface area contributed by atoms with Crippen LogP contribution in [0.25, 0.3) is 0 Å². The summed E-state index contributed by atoms with van der Waals surface area (Å²) >= 11 is 1.43. The van der Waals surface area contributed by atoms with E-state index in [0.29, 0.717) is 39.5 Å². The molecule has 1 aliphatic carbocycles. The molecule has 0 spiro atoms. The summed E-state index contributed by atoms with van der Waals surface area (Å²) in [7, 11) is 3.14. The van der Waals surface area contributed by atoms with Gasteiger partial charge in [0, 0.05) is 4.88 Å². The molecule has 2 aromatic carbocycles. The van der Waals surface area contributed by atoms with Gasteiger partial charge < -0.3 is 34.3 Å². The van der Waals surface area contributed by atoms with E-state index < -0.39 is 5.97 Å². The Labute approximate surface area is 242 Å². The predicted molar refractivity (Wildman–Crippen MR) is 154 cm³/mol. The molecule has 218 valence electrons. The zero-order valence-corrected chi connectivity index (χ0v) is 24.1. The lowest BCUT2D eigenvalue weighted by Crippen LogP contribution is -2.30. The Balaban J connectivity index is 1.29. The molecule has 41 heavy (non-hydrogen) atoms. The van der Waals surface area contributed by atoms with Crippen molar-refractivity contribution in [1.82, 2.24) is 5.32 Å². The van der Waals surface area contributed by atoms with Crippen molar-refractivity contribution >= 4 is 34.1 Å². The molecule has 10 nitrogen and oxygen atoms in total. The van der Waals surface area contributed by atoms with Gasteiger partial charge in [-0.05, 0) is 79.3 Å². The summed E-state index contributed by atoms with van der Waals surface area (Å²) < 4.78 is 26.4. The lowest BCUT2D eigenvalue weighted by molar-refractivity contribution is -0.145. The molecule has 1 aliphatic rings. The number of ether oxygens (including phenoxy) is 5. The fraction of sp³-hybridized carbons (Fsp3) is 0.367. The van der Waals surface area contributed by atoms with Gasteiger partial charge in [-0.1, -0.05) is 6.92 Å². The maximum absolute atomic E-state index is 13.2. The molecule has 0 radical (unpaired) electrons. The molecule has 4 rings (SSSR count). The Morgan fingerprint density at radius 2 is 1.46 bits per heavy atom. The number of amides is 2. The number of carbonyl (C=O) groups excluding carboxylic acids is 3. The zero-order valence-electron chi connectivity index (χ0n) is 23.3. The SMILES string of the molecule is COc1ccc(OCC(=O)Nc2sc3c(c2C(=O)NCCOC(=O)COc2ccc(OC)cc2)CCC(C)C3)cc1.